The summed E-state index contributed by atoms with van der Waals surface area (Å²) in [4.78, 5) is 32.9. The Morgan fingerprint density at radius 1 is 0.974 bits per heavy atom. The molecule has 0 aliphatic carbocycles. The van der Waals surface area contributed by atoms with E-state index in [1.54, 1.807) is 4.57 Å². The van der Waals surface area contributed by atoms with Gasteiger partial charge in [-0.2, -0.15) is 0 Å². The molecule has 0 radical (unpaired) electrons. The third-order valence-corrected chi connectivity index (χ3v) is 7.89. The van der Waals surface area contributed by atoms with E-state index in [4.69, 9.17) is 4.99 Å². The number of carbonyl (C=O) groups is 1. The Hall–Kier alpha value is -4.49. The van der Waals surface area contributed by atoms with Crippen molar-refractivity contribution in [1.82, 2.24) is 9.13 Å². The molecule has 2 aromatic heterocycles. The van der Waals surface area contributed by atoms with E-state index in [9.17, 15) is 9.59 Å². The van der Waals surface area contributed by atoms with Crippen LogP contribution in [0.5, 0.6) is 0 Å². The predicted octanol–water partition coefficient (Wildman–Crippen LogP) is 4.67. The fourth-order valence-corrected chi connectivity index (χ4v) is 6.06. The van der Waals surface area contributed by atoms with Crippen molar-refractivity contribution in [1.29, 1.82) is 0 Å². The number of anilines is 1. The van der Waals surface area contributed by atoms with Crippen LogP contribution in [0.15, 0.2) is 106 Å². The Balaban J connectivity index is 1.53. The maximum absolute atomic E-state index is 14.0. The highest BCUT2D eigenvalue weighted by atomic mass is 32.1. The fourth-order valence-electron chi connectivity index (χ4n) is 5.03. The molecule has 7 heteroatoms. The lowest BCUT2D eigenvalue weighted by molar-refractivity contribution is -0.113. The number of carbonyl (C=O) groups excluding carboxylic acids is 1. The number of aryl methyl sites for hydroxylation is 2. The van der Waals surface area contributed by atoms with Gasteiger partial charge >= 0.3 is 0 Å². The zero-order valence-corrected chi connectivity index (χ0v) is 22.1. The lowest BCUT2D eigenvalue weighted by Gasteiger charge is -2.25. The number of hydrogen-bond acceptors (Lipinski definition) is 4. The van der Waals surface area contributed by atoms with Gasteiger partial charge in [0, 0.05) is 35.4 Å². The molecule has 0 saturated carbocycles. The van der Waals surface area contributed by atoms with Gasteiger partial charge in [0.05, 0.1) is 21.8 Å². The van der Waals surface area contributed by atoms with Gasteiger partial charge < -0.3 is 9.88 Å². The summed E-state index contributed by atoms with van der Waals surface area (Å²) in [5, 5.41) is 4.07. The summed E-state index contributed by atoms with van der Waals surface area (Å²) in [5.74, 6) is -0.272. The number of nitrogens with one attached hydrogen (secondary N) is 1. The van der Waals surface area contributed by atoms with E-state index >= 15 is 0 Å². The number of benzene rings is 3. The topological polar surface area (TPSA) is 68.4 Å². The molecule has 6 rings (SSSR count). The first kappa shape index (κ1) is 23.9. The smallest absolute Gasteiger partial charge is 0.271 e. The first-order chi connectivity index (χ1) is 18.4. The van der Waals surface area contributed by atoms with Crippen LogP contribution in [0, 0.1) is 6.92 Å². The fraction of sp³-hybridized carbons (Fsp3) is 0.129. The van der Waals surface area contributed by atoms with Crippen molar-refractivity contribution in [2.45, 2.75) is 19.9 Å². The highest BCUT2D eigenvalue weighted by Crippen LogP contribution is 2.31. The molecule has 1 unspecified atom stereocenters. The van der Waals surface area contributed by atoms with Crippen molar-refractivity contribution in [3.05, 3.63) is 133 Å². The highest BCUT2D eigenvalue weighted by Gasteiger charge is 2.32. The zero-order valence-electron chi connectivity index (χ0n) is 21.3. The number of rotatable bonds is 4. The van der Waals surface area contributed by atoms with Gasteiger partial charge in [-0.05, 0) is 43.7 Å². The van der Waals surface area contributed by atoms with Crippen LogP contribution in [0.25, 0.3) is 17.0 Å². The first-order valence-electron chi connectivity index (χ1n) is 12.4. The summed E-state index contributed by atoms with van der Waals surface area (Å²) >= 11 is 1.35. The minimum absolute atomic E-state index is 0.162. The minimum atomic E-state index is -0.592. The molecule has 0 saturated heterocycles. The molecule has 1 N–H and O–H groups in total. The lowest BCUT2D eigenvalue weighted by Crippen LogP contribution is -2.40. The molecule has 1 aliphatic rings. The van der Waals surface area contributed by atoms with Crippen LogP contribution in [-0.4, -0.2) is 15.0 Å². The molecule has 3 aromatic carbocycles. The van der Waals surface area contributed by atoms with Crippen LogP contribution in [0.1, 0.15) is 29.7 Å². The van der Waals surface area contributed by atoms with Gasteiger partial charge in [0.15, 0.2) is 4.80 Å². The summed E-state index contributed by atoms with van der Waals surface area (Å²) in [5.41, 5.74) is 5.62. The molecule has 1 amide bonds. The van der Waals surface area contributed by atoms with E-state index in [0.29, 0.717) is 26.3 Å². The third kappa shape index (κ3) is 4.11. The van der Waals surface area contributed by atoms with E-state index < -0.39 is 6.04 Å². The van der Waals surface area contributed by atoms with E-state index in [-0.39, 0.29) is 11.5 Å². The molecule has 5 aromatic rings. The molecule has 188 valence electrons. The predicted molar refractivity (Wildman–Crippen MR) is 153 cm³/mol. The van der Waals surface area contributed by atoms with Crippen LogP contribution >= 0.6 is 11.3 Å². The molecule has 6 nitrogen and oxygen atoms in total. The van der Waals surface area contributed by atoms with E-state index in [2.05, 4.69) is 22.0 Å². The number of hydrogen-bond donors (Lipinski definition) is 1. The summed E-state index contributed by atoms with van der Waals surface area (Å²) in [7, 11) is 2.00. The first-order valence-corrected chi connectivity index (χ1v) is 13.2. The lowest BCUT2D eigenvalue weighted by atomic mass is 9.94. The Morgan fingerprint density at radius 3 is 2.45 bits per heavy atom. The molecule has 1 aliphatic heterocycles. The van der Waals surface area contributed by atoms with E-state index in [1.165, 1.54) is 11.3 Å². The van der Waals surface area contributed by atoms with Gasteiger partial charge in [-0.3, -0.25) is 14.2 Å². The molecule has 0 bridgehead atoms. The summed E-state index contributed by atoms with van der Waals surface area (Å²) in [6.07, 6.45) is 3.96. The number of amides is 1. The molecular weight excluding hydrogens is 492 g/mol. The van der Waals surface area contributed by atoms with Crippen LogP contribution in [0.4, 0.5) is 5.69 Å². The van der Waals surface area contributed by atoms with Crippen molar-refractivity contribution in [2.24, 2.45) is 12.0 Å². The molecule has 1 atom stereocenters. The molecule has 0 fully saturated rings. The van der Waals surface area contributed by atoms with Crippen molar-refractivity contribution < 1.29 is 4.79 Å². The minimum Gasteiger partial charge on any atom is -0.350 e. The van der Waals surface area contributed by atoms with Crippen LogP contribution < -0.4 is 20.2 Å². The van der Waals surface area contributed by atoms with Crippen molar-refractivity contribution in [2.75, 3.05) is 5.32 Å². The number of allylic oxidation sites excluding steroid dienone is 1. The second kappa shape index (κ2) is 9.43. The third-order valence-electron chi connectivity index (χ3n) is 6.91. The zero-order chi connectivity index (χ0) is 26.4. The van der Waals surface area contributed by atoms with Gasteiger partial charge in [-0.1, -0.05) is 77.6 Å². The van der Waals surface area contributed by atoms with Gasteiger partial charge in [-0.15, -0.1) is 0 Å². The number of fused-ring (bicyclic) bond motifs is 2. The Labute approximate surface area is 223 Å². The summed E-state index contributed by atoms with van der Waals surface area (Å²) in [6.45, 7) is 3.85. The normalized spacial score (nSPS) is 15.4. The standard InChI is InChI=1S/C31H26N4O2S/c1-19-13-15-21(16-14-19)28-27(29(36)33-23-9-5-4-6-10-23)20(2)32-31-35(28)30(37)26(38-31)17-22-18-34(3)25-12-8-7-11-24(22)25/h4-18,28H,1-3H3,(H,33,36)/b26-17+. The van der Waals surface area contributed by atoms with Crippen molar-refractivity contribution >= 4 is 39.9 Å². The van der Waals surface area contributed by atoms with Crippen LogP contribution in [0.2, 0.25) is 0 Å². The maximum atomic E-state index is 14.0. The molecule has 0 spiro atoms. The largest absolute Gasteiger partial charge is 0.350 e. The summed E-state index contributed by atoms with van der Waals surface area (Å²) in [6, 6.07) is 24.8. The number of thiazole rings is 1. The van der Waals surface area contributed by atoms with Gasteiger partial charge in [0.25, 0.3) is 11.5 Å². The van der Waals surface area contributed by atoms with Gasteiger partial charge in [-0.25, -0.2) is 4.99 Å². The molecule has 38 heavy (non-hydrogen) atoms. The maximum Gasteiger partial charge on any atom is 0.271 e. The van der Waals surface area contributed by atoms with Gasteiger partial charge in [0.1, 0.15) is 0 Å². The Bertz CT molecular complexity index is 1910. The van der Waals surface area contributed by atoms with Crippen LogP contribution in [-0.2, 0) is 11.8 Å². The number of para-hydroxylation sites is 2. The SMILES string of the molecule is CC1=C(C(=O)Nc2ccccc2)C(c2ccc(C)cc2)n2c(s/c(=C/c3cn(C)c4ccccc34)c2=O)=N1. The Kier molecular flexibility index (Phi) is 5.93. The van der Waals surface area contributed by atoms with E-state index in [1.807, 2.05) is 99.9 Å². The van der Waals surface area contributed by atoms with E-state index in [0.717, 1.165) is 27.6 Å². The Morgan fingerprint density at radius 2 is 1.68 bits per heavy atom. The van der Waals surface area contributed by atoms with Crippen molar-refractivity contribution in [3.63, 3.8) is 0 Å². The second-order valence-corrected chi connectivity index (χ2v) is 10.5. The van der Waals surface area contributed by atoms with Crippen LogP contribution in [0.3, 0.4) is 0 Å². The van der Waals surface area contributed by atoms with Gasteiger partial charge in [0.2, 0.25) is 0 Å². The average molecular weight is 519 g/mol. The van der Waals surface area contributed by atoms with Crippen molar-refractivity contribution in [3.8, 4) is 0 Å². The molecular formula is C31H26N4O2S. The monoisotopic (exact) mass is 518 g/mol. The molecule has 3 heterocycles. The summed E-state index contributed by atoms with van der Waals surface area (Å²) < 4.78 is 4.30. The highest BCUT2D eigenvalue weighted by molar-refractivity contribution is 7.07. The average Bonchev–Trinajstić information content (AvgIpc) is 3.40. The quantitative estimate of drug-likeness (QED) is 0.376. The number of nitrogens with zero attached hydrogens (tertiary/aromatic N) is 3. The second-order valence-electron chi connectivity index (χ2n) is 9.53. The number of aromatic nitrogens is 2.